The van der Waals surface area contributed by atoms with Crippen molar-refractivity contribution in [2.24, 2.45) is 0 Å². The number of hydrogen-bond acceptors (Lipinski definition) is 4. The van der Waals surface area contributed by atoms with Crippen LogP contribution in [-0.2, 0) is 4.74 Å². The van der Waals surface area contributed by atoms with Crippen LogP contribution < -0.4 is 4.90 Å². The summed E-state index contributed by atoms with van der Waals surface area (Å²) in [7, 11) is 0. The molecule has 5 heteroatoms. The van der Waals surface area contributed by atoms with Gasteiger partial charge in [-0.15, -0.1) is 0 Å². The predicted molar refractivity (Wildman–Crippen MR) is 83.8 cm³/mol. The number of hydrogen-bond donors (Lipinski definition) is 0. The molecule has 0 unspecified atom stereocenters. The molecule has 1 aliphatic heterocycles. The molecule has 5 nitrogen and oxygen atoms in total. The molecule has 1 aromatic heterocycles. The van der Waals surface area contributed by atoms with Gasteiger partial charge in [0.25, 0.3) is 5.91 Å². The molecule has 0 bridgehead atoms. The van der Waals surface area contributed by atoms with E-state index in [1.54, 1.807) is 6.20 Å². The highest BCUT2D eigenvalue weighted by Gasteiger charge is 2.20. The van der Waals surface area contributed by atoms with Gasteiger partial charge in [-0.25, -0.2) is 0 Å². The predicted octanol–water partition coefficient (Wildman–Crippen LogP) is 2.18. The Bertz CT molecular complexity index is 453. The molecular weight excluding hydrogens is 266 g/mol. The number of amides is 1. The summed E-state index contributed by atoms with van der Waals surface area (Å²) < 4.78 is 5.29. The number of aromatic nitrogens is 1. The first-order chi connectivity index (χ1) is 10.3. The molecule has 0 aliphatic carbocycles. The lowest BCUT2D eigenvalue weighted by Crippen LogP contribution is -2.41. The molecule has 0 N–H and O–H groups in total. The average Bonchev–Trinajstić information content (AvgIpc) is 2.55. The van der Waals surface area contributed by atoms with Gasteiger partial charge in [0.05, 0.1) is 13.2 Å². The fraction of sp³-hybridized carbons (Fsp3) is 0.625. The minimum Gasteiger partial charge on any atom is -0.378 e. The lowest BCUT2D eigenvalue weighted by Gasteiger charge is -2.27. The lowest BCUT2D eigenvalue weighted by atomic mass is 10.2. The third-order valence-corrected chi connectivity index (χ3v) is 3.61. The summed E-state index contributed by atoms with van der Waals surface area (Å²) in [5, 5.41) is 0. The largest absolute Gasteiger partial charge is 0.378 e. The highest BCUT2D eigenvalue weighted by atomic mass is 16.5. The number of carbonyl (C=O) groups excluding carboxylic acids is 1. The number of rotatable bonds is 6. The van der Waals surface area contributed by atoms with Crippen molar-refractivity contribution in [2.75, 3.05) is 44.3 Å². The summed E-state index contributed by atoms with van der Waals surface area (Å²) in [6, 6.07) is 3.91. The Balaban J connectivity index is 2.13. The van der Waals surface area contributed by atoms with Crippen molar-refractivity contribution in [3.05, 3.63) is 24.0 Å². The van der Waals surface area contributed by atoms with Crippen LogP contribution >= 0.6 is 0 Å². The molecule has 0 saturated carbocycles. The van der Waals surface area contributed by atoms with E-state index in [9.17, 15) is 4.79 Å². The van der Waals surface area contributed by atoms with Crippen LogP contribution in [0.3, 0.4) is 0 Å². The van der Waals surface area contributed by atoms with E-state index in [4.69, 9.17) is 4.74 Å². The summed E-state index contributed by atoms with van der Waals surface area (Å²) in [5.41, 5.74) is 1.62. The molecule has 1 fully saturated rings. The number of nitrogens with zero attached hydrogens (tertiary/aromatic N) is 3. The number of pyridine rings is 1. The van der Waals surface area contributed by atoms with Crippen molar-refractivity contribution in [1.29, 1.82) is 0 Å². The van der Waals surface area contributed by atoms with Crippen molar-refractivity contribution in [2.45, 2.75) is 26.7 Å². The number of ether oxygens (including phenoxy) is 1. The second-order valence-corrected chi connectivity index (χ2v) is 5.29. The van der Waals surface area contributed by atoms with Crippen LogP contribution in [0.5, 0.6) is 0 Å². The molecule has 21 heavy (non-hydrogen) atoms. The second-order valence-electron chi connectivity index (χ2n) is 5.29. The Morgan fingerprint density at radius 2 is 1.95 bits per heavy atom. The lowest BCUT2D eigenvalue weighted by molar-refractivity contribution is 0.0299. The van der Waals surface area contributed by atoms with Crippen LogP contribution in [0.25, 0.3) is 0 Å². The fourth-order valence-electron chi connectivity index (χ4n) is 2.57. The van der Waals surface area contributed by atoms with Gasteiger partial charge in [0.15, 0.2) is 0 Å². The van der Waals surface area contributed by atoms with E-state index in [2.05, 4.69) is 23.7 Å². The van der Waals surface area contributed by atoms with Gasteiger partial charge in [0, 0.05) is 38.1 Å². The van der Waals surface area contributed by atoms with Crippen molar-refractivity contribution in [3.63, 3.8) is 0 Å². The molecule has 116 valence electrons. The normalized spacial score (nSPS) is 15.0. The fourth-order valence-corrected chi connectivity index (χ4v) is 2.57. The van der Waals surface area contributed by atoms with Gasteiger partial charge in [-0.05, 0) is 25.0 Å². The quantitative estimate of drug-likeness (QED) is 0.806. The van der Waals surface area contributed by atoms with Gasteiger partial charge in [-0.1, -0.05) is 13.8 Å². The Morgan fingerprint density at radius 1 is 1.29 bits per heavy atom. The molecule has 1 aliphatic rings. The average molecular weight is 291 g/mol. The van der Waals surface area contributed by atoms with Gasteiger partial charge in [0.1, 0.15) is 5.69 Å². The molecule has 2 rings (SSSR count). The zero-order chi connectivity index (χ0) is 15.1. The van der Waals surface area contributed by atoms with Crippen LogP contribution in [0.1, 0.15) is 37.2 Å². The van der Waals surface area contributed by atoms with Gasteiger partial charge >= 0.3 is 0 Å². The monoisotopic (exact) mass is 291 g/mol. The minimum absolute atomic E-state index is 0.00750. The van der Waals surface area contributed by atoms with Crippen molar-refractivity contribution < 1.29 is 9.53 Å². The molecule has 0 aromatic carbocycles. The molecule has 1 aromatic rings. The van der Waals surface area contributed by atoms with Crippen LogP contribution in [-0.4, -0.2) is 55.2 Å². The van der Waals surface area contributed by atoms with E-state index in [1.165, 1.54) is 0 Å². The van der Waals surface area contributed by atoms with E-state index in [0.717, 1.165) is 31.6 Å². The van der Waals surface area contributed by atoms with Gasteiger partial charge in [-0.2, -0.15) is 0 Å². The number of anilines is 1. The molecule has 0 radical (unpaired) electrons. The zero-order valence-corrected chi connectivity index (χ0v) is 13.0. The number of morpholine rings is 1. The summed E-state index contributed by atoms with van der Waals surface area (Å²) in [6.45, 7) is 8.88. The Morgan fingerprint density at radius 3 is 2.57 bits per heavy atom. The smallest absolute Gasteiger partial charge is 0.272 e. The van der Waals surface area contributed by atoms with Crippen LogP contribution in [0.15, 0.2) is 18.3 Å². The van der Waals surface area contributed by atoms with E-state index in [-0.39, 0.29) is 5.91 Å². The third-order valence-electron chi connectivity index (χ3n) is 3.61. The highest BCUT2D eigenvalue weighted by molar-refractivity contribution is 5.93. The van der Waals surface area contributed by atoms with Crippen LogP contribution in [0, 0.1) is 0 Å². The molecule has 0 spiro atoms. The molecule has 1 amide bonds. The molecule has 2 heterocycles. The van der Waals surface area contributed by atoms with E-state index in [1.807, 2.05) is 17.0 Å². The van der Waals surface area contributed by atoms with E-state index >= 15 is 0 Å². The van der Waals surface area contributed by atoms with Crippen molar-refractivity contribution in [3.8, 4) is 0 Å². The molecular formula is C16H25N3O2. The maximum absolute atomic E-state index is 12.5. The van der Waals surface area contributed by atoms with Crippen LogP contribution in [0.4, 0.5) is 5.69 Å². The van der Waals surface area contributed by atoms with Gasteiger partial charge in [0.2, 0.25) is 0 Å². The molecule has 1 saturated heterocycles. The van der Waals surface area contributed by atoms with Crippen LogP contribution in [0.2, 0.25) is 0 Å². The maximum Gasteiger partial charge on any atom is 0.272 e. The Kier molecular flexibility index (Phi) is 5.99. The van der Waals surface area contributed by atoms with E-state index in [0.29, 0.717) is 32.0 Å². The molecule has 0 atom stereocenters. The number of carbonyl (C=O) groups is 1. The third kappa shape index (κ3) is 4.17. The summed E-state index contributed by atoms with van der Waals surface area (Å²) >= 11 is 0. The zero-order valence-electron chi connectivity index (χ0n) is 13.0. The summed E-state index contributed by atoms with van der Waals surface area (Å²) in [6.07, 6.45) is 3.92. The van der Waals surface area contributed by atoms with E-state index < -0.39 is 0 Å². The van der Waals surface area contributed by atoms with Gasteiger partial charge < -0.3 is 14.5 Å². The summed E-state index contributed by atoms with van der Waals surface area (Å²) in [5.74, 6) is 0.00750. The topological polar surface area (TPSA) is 45.7 Å². The first kappa shape index (κ1) is 15.8. The minimum atomic E-state index is 0.00750. The van der Waals surface area contributed by atoms with Crippen molar-refractivity contribution in [1.82, 2.24) is 9.88 Å². The first-order valence-electron chi connectivity index (χ1n) is 7.84. The Labute approximate surface area is 126 Å². The first-order valence-corrected chi connectivity index (χ1v) is 7.84. The maximum atomic E-state index is 12.5. The second kappa shape index (κ2) is 7.98. The van der Waals surface area contributed by atoms with Gasteiger partial charge in [-0.3, -0.25) is 9.78 Å². The standard InChI is InChI=1S/C16H25N3O2/c1-3-7-18(8-4-2)14-5-6-17-15(13-14)16(20)19-9-11-21-12-10-19/h5-6,13H,3-4,7-12H2,1-2H3. The van der Waals surface area contributed by atoms with Crippen molar-refractivity contribution >= 4 is 11.6 Å². The SMILES string of the molecule is CCCN(CCC)c1ccnc(C(=O)N2CCOCC2)c1. The highest BCUT2D eigenvalue weighted by Crippen LogP contribution is 2.17. The summed E-state index contributed by atoms with van der Waals surface area (Å²) in [4.78, 5) is 20.9. The Hall–Kier alpha value is -1.62.